The number of allylic oxidation sites excluding steroid dienone is 2. The number of nitro benzene ring substituents is 1. The Balaban J connectivity index is 1.37. The Morgan fingerprint density at radius 3 is 2.37 bits per heavy atom. The van der Waals surface area contributed by atoms with Gasteiger partial charge in [-0.2, -0.15) is 0 Å². The van der Waals surface area contributed by atoms with Crippen molar-refractivity contribution in [3.05, 3.63) is 57.2 Å². The predicted molar refractivity (Wildman–Crippen MR) is 164 cm³/mol. The van der Waals surface area contributed by atoms with Crippen molar-refractivity contribution in [2.24, 2.45) is 52.3 Å². The molecule has 222 valence electrons. The van der Waals surface area contributed by atoms with Crippen LogP contribution in [0.5, 0.6) is 0 Å². The van der Waals surface area contributed by atoms with E-state index in [0.717, 1.165) is 35.3 Å². The Kier molecular flexibility index (Phi) is 8.22. The van der Waals surface area contributed by atoms with Gasteiger partial charge in [0.15, 0.2) is 11.6 Å². The molecule has 3 fully saturated rings. The third-order valence-electron chi connectivity index (χ3n) is 12.4. The summed E-state index contributed by atoms with van der Waals surface area (Å²) in [7, 11) is 0. The summed E-state index contributed by atoms with van der Waals surface area (Å²) in [5.41, 5.74) is 2.23. The summed E-state index contributed by atoms with van der Waals surface area (Å²) in [4.78, 5) is 37.5. The van der Waals surface area contributed by atoms with E-state index in [4.69, 9.17) is 0 Å². The van der Waals surface area contributed by atoms with Crippen molar-refractivity contribution in [3.8, 4) is 0 Å². The number of carbonyl (C=O) groups excluding carboxylic acids is 2. The van der Waals surface area contributed by atoms with Gasteiger partial charge in [-0.1, -0.05) is 54.4 Å². The van der Waals surface area contributed by atoms with Crippen LogP contribution in [0.3, 0.4) is 0 Å². The van der Waals surface area contributed by atoms with E-state index in [0.29, 0.717) is 47.5 Å². The van der Waals surface area contributed by atoms with Gasteiger partial charge in [0.05, 0.1) is 4.92 Å². The number of fused-ring (bicyclic) bond motifs is 5. The molecule has 4 aliphatic rings. The second-order valence-corrected chi connectivity index (χ2v) is 14.7. The van der Waals surface area contributed by atoms with Crippen molar-refractivity contribution < 1.29 is 14.5 Å². The average Bonchev–Trinajstić information content (AvgIpc) is 3.28. The van der Waals surface area contributed by atoms with Gasteiger partial charge in [0.2, 0.25) is 0 Å². The molecule has 0 saturated heterocycles. The normalized spacial score (nSPS) is 35.5. The van der Waals surface area contributed by atoms with Crippen LogP contribution in [0.25, 0.3) is 6.08 Å². The summed E-state index contributed by atoms with van der Waals surface area (Å²) >= 11 is 0. The Morgan fingerprint density at radius 2 is 1.73 bits per heavy atom. The highest BCUT2D eigenvalue weighted by Gasteiger charge is 2.61. The fourth-order valence-electron chi connectivity index (χ4n) is 10.1. The SMILES string of the molecule is CC[C@H](CC[C@@H](C)[C@H]1CC[C@H]2[C@@H]3CC(=O)C4=CC(=O)/C(=C/c5ccc([N+](=O)[O-])cc5)C[C@]4(C)[C@H]3CC[C@]12C)C(C)C. The summed E-state index contributed by atoms with van der Waals surface area (Å²) in [6.07, 6.45) is 13.4. The summed E-state index contributed by atoms with van der Waals surface area (Å²) in [5.74, 6) is 4.43. The van der Waals surface area contributed by atoms with E-state index >= 15 is 0 Å². The lowest BCUT2D eigenvalue weighted by molar-refractivity contribution is -0.384. The van der Waals surface area contributed by atoms with Gasteiger partial charge in [-0.15, -0.1) is 0 Å². The highest BCUT2D eigenvalue weighted by Crippen LogP contribution is 2.67. The van der Waals surface area contributed by atoms with Gasteiger partial charge >= 0.3 is 0 Å². The minimum absolute atomic E-state index is 0.0385. The number of hydrogen-bond donors (Lipinski definition) is 0. The number of benzene rings is 1. The lowest BCUT2D eigenvalue weighted by Gasteiger charge is -2.58. The number of non-ortho nitro benzene ring substituents is 1. The molecule has 1 aromatic carbocycles. The number of rotatable bonds is 8. The van der Waals surface area contributed by atoms with Gasteiger partial charge in [0.25, 0.3) is 5.69 Å². The number of Topliss-reactive ketones (excluding diaryl/α,β-unsaturated/α-hetero) is 1. The molecule has 0 aliphatic heterocycles. The third kappa shape index (κ3) is 5.27. The van der Waals surface area contributed by atoms with Gasteiger partial charge < -0.3 is 0 Å². The molecule has 1 aromatic rings. The van der Waals surface area contributed by atoms with E-state index in [9.17, 15) is 19.7 Å². The largest absolute Gasteiger partial charge is 0.295 e. The molecule has 4 aliphatic carbocycles. The van der Waals surface area contributed by atoms with E-state index in [1.807, 2.05) is 6.08 Å². The first-order valence-electron chi connectivity index (χ1n) is 16.1. The van der Waals surface area contributed by atoms with E-state index < -0.39 is 4.92 Å². The van der Waals surface area contributed by atoms with Crippen LogP contribution in [-0.4, -0.2) is 16.5 Å². The minimum Gasteiger partial charge on any atom is -0.295 e. The van der Waals surface area contributed by atoms with Crippen LogP contribution in [0.15, 0.2) is 41.5 Å². The molecule has 5 heteroatoms. The Bertz CT molecular complexity index is 1260. The fourth-order valence-corrected chi connectivity index (χ4v) is 10.1. The standard InChI is InChI=1S/C36H49NO4/c1-7-25(22(2)3)11-8-23(4)29-14-15-30-28-19-34(39)32-20-33(38)26(18-24-9-12-27(13-10-24)37(40)41)21-36(32,6)31(28)16-17-35(29,30)5/h9-10,12-13,18,20,22-23,25,28-31H,7-8,11,14-17,19,21H2,1-6H3/b26-18+/t23-,25-,28+,29-,30+,31+,35-,36-/m1/s1. The van der Waals surface area contributed by atoms with E-state index in [2.05, 4.69) is 41.5 Å². The van der Waals surface area contributed by atoms with Crippen LogP contribution < -0.4 is 0 Å². The van der Waals surface area contributed by atoms with E-state index in [1.54, 1.807) is 18.2 Å². The molecule has 0 spiro atoms. The van der Waals surface area contributed by atoms with Gasteiger partial charge in [-0.3, -0.25) is 19.7 Å². The Hall–Kier alpha value is -2.56. The zero-order valence-electron chi connectivity index (χ0n) is 25.9. The molecule has 0 N–H and O–H groups in total. The molecular formula is C36H49NO4. The molecule has 41 heavy (non-hydrogen) atoms. The maximum Gasteiger partial charge on any atom is 0.269 e. The summed E-state index contributed by atoms with van der Waals surface area (Å²) in [6.45, 7) is 14.3. The molecule has 5 nitrogen and oxygen atoms in total. The minimum atomic E-state index is -0.411. The van der Waals surface area contributed by atoms with E-state index in [-0.39, 0.29) is 22.7 Å². The molecule has 0 bridgehead atoms. The summed E-state index contributed by atoms with van der Waals surface area (Å²) in [6, 6.07) is 6.36. The topological polar surface area (TPSA) is 77.3 Å². The van der Waals surface area contributed by atoms with Crippen molar-refractivity contribution in [2.75, 3.05) is 0 Å². The Morgan fingerprint density at radius 1 is 1.02 bits per heavy atom. The quantitative estimate of drug-likeness (QED) is 0.181. The van der Waals surface area contributed by atoms with Crippen molar-refractivity contribution >= 4 is 23.3 Å². The monoisotopic (exact) mass is 559 g/mol. The Labute approximate surface area is 246 Å². The summed E-state index contributed by atoms with van der Waals surface area (Å²) in [5, 5.41) is 11.1. The summed E-state index contributed by atoms with van der Waals surface area (Å²) < 4.78 is 0. The van der Waals surface area contributed by atoms with Crippen LogP contribution in [0.2, 0.25) is 0 Å². The van der Waals surface area contributed by atoms with Crippen LogP contribution >= 0.6 is 0 Å². The van der Waals surface area contributed by atoms with Crippen LogP contribution in [0, 0.1) is 62.4 Å². The number of nitrogens with zero attached hydrogens (tertiary/aromatic N) is 1. The van der Waals surface area contributed by atoms with Gasteiger partial charge in [0.1, 0.15) is 0 Å². The second kappa shape index (κ2) is 11.3. The highest BCUT2D eigenvalue weighted by molar-refractivity contribution is 6.14. The van der Waals surface area contributed by atoms with Crippen LogP contribution in [-0.2, 0) is 9.59 Å². The first-order chi connectivity index (χ1) is 19.4. The highest BCUT2D eigenvalue weighted by atomic mass is 16.6. The van der Waals surface area contributed by atoms with Crippen molar-refractivity contribution in [2.45, 2.75) is 99.3 Å². The molecule has 3 saturated carbocycles. The van der Waals surface area contributed by atoms with Crippen molar-refractivity contribution in [1.29, 1.82) is 0 Å². The third-order valence-corrected chi connectivity index (χ3v) is 12.4. The predicted octanol–water partition coefficient (Wildman–Crippen LogP) is 9.01. The smallest absolute Gasteiger partial charge is 0.269 e. The number of carbonyl (C=O) groups is 2. The van der Waals surface area contributed by atoms with Crippen LogP contribution in [0.4, 0.5) is 5.69 Å². The average molecular weight is 560 g/mol. The van der Waals surface area contributed by atoms with Crippen LogP contribution in [0.1, 0.15) is 105 Å². The lowest BCUT2D eigenvalue weighted by atomic mass is 9.46. The van der Waals surface area contributed by atoms with Gasteiger partial charge in [-0.05, 0) is 115 Å². The van der Waals surface area contributed by atoms with Gasteiger partial charge in [0, 0.05) is 35.1 Å². The first kappa shape index (κ1) is 29.9. The maximum atomic E-state index is 13.7. The number of hydrogen-bond acceptors (Lipinski definition) is 4. The molecule has 0 heterocycles. The number of nitro groups is 1. The van der Waals surface area contributed by atoms with Gasteiger partial charge in [-0.25, -0.2) is 0 Å². The molecular weight excluding hydrogens is 510 g/mol. The molecule has 5 rings (SSSR count). The van der Waals surface area contributed by atoms with E-state index in [1.165, 1.54) is 50.7 Å². The second-order valence-electron chi connectivity index (χ2n) is 14.7. The zero-order chi connectivity index (χ0) is 29.7. The number of ketones is 2. The first-order valence-corrected chi connectivity index (χ1v) is 16.1. The molecule has 0 unspecified atom stereocenters. The fraction of sp³-hybridized carbons (Fsp3) is 0.667. The molecule has 0 radical (unpaired) electrons. The maximum absolute atomic E-state index is 13.7. The van der Waals surface area contributed by atoms with Crippen molar-refractivity contribution in [1.82, 2.24) is 0 Å². The molecule has 0 aromatic heterocycles. The van der Waals surface area contributed by atoms with Crippen molar-refractivity contribution in [3.63, 3.8) is 0 Å². The molecule has 8 atom stereocenters. The lowest BCUT2D eigenvalue weighted by Crippen LogP contribution is -2.53. The molecule has 0 amide bonds. The zero-order valence-corrected chi connectivity index (χ0v) is 25.9.